The van der Waals surface area contributed by atoms with E-state index in [0.717, 1.165) is 74.1 Å². The smallest absolute Gasteiger partial charge is 0.254 e. The third kappa shape index (κ3) is 5.59. The van der Waals surface area contributed by atoms with Crippen molar-refractivity contribution in [2.75, 3.05) is 62.2 Å². The monoisotopic (exact) mass is 524 g/mol. The normalized spacial score (nSPS) is 16.9. The quantitative estimate of drug-likeness (QED) is 0.493. The van der Waals surface area contributed by atoms with Crippen molar-refractivity contribution in [1.29, 1.82) is 0 Å². The Bertz CT molecular complexity index is 1210. The van der Waals surface area contributed by atoms with Crippen LogP contribution in [0.15, 0.2) is 54.9 Å². The number of anilines is 2. The molecule has 9 heteroatoms. The van der Waals surface area contributed by atoms with Crippen molar-refractivity contribution in [3.05, 3.63) is 81.6 Å². The van der Waals surface area contributed by atoms with Gasteiger partial charge in [0.1, 0.15) is 11.6 Å². The molecule has 0 spiro atoms. The average molecular weight is 525 g/mol. The van der Waals surface area contributed by atoms with E-state index in [1.807, 2.05) is 36.1 Å². The van der Waals surface area contributed by atoms with Gasteiger partial charge < -0.3 is 14.7 Å². The molecule has 5 rings (SSSR count). The minimum absolute atomic E-state index is 0.104. The molecule has 0 unspecified atom stereocenters. The molecule has 36 heavy (non-hydrogen) atoms. The highest BCUT2D eigenvalue weighted by Crippen LogP contribution is 2.24. The fraction of sp³-hybridized carbons (Fsp3) is 0.370. The van der Waals surface area contributed by atoms with Gasteiger partial charge in [-0.1, -0.05) is 35.3 Å². The van der Waals surface area contributed by atoms with Crippen molar-refractivity contribution < 1.29 is 4.79 Å². The number of rotatable bonds is 5. The number of pyridine rings is 2. The Morgan fingerprint density at radius 3 is 2.33 bits per heavy atom. The molecular formula is C27H30Cl2N6O. The summed E-state index contributed by atoms with van der Waals surface area (Å²) in [4.78, 5) is 31.1. The number of carbonyl (C=O) groups excluding carboxylic acids is 1. The lowest BCUT2D eigenvalue weighted by atomic mass is 10.0. The topological polar surface area (TPSA) is 55.8 Å². The summed E-state index contributed by atoms with van der Waals surface area (Å²) in [6.45, 7) is 9.28. The lowest BCUT2D eigenvalue weighted by Gasteiger charge is -2.36. The number of hydrogen-bond donors (Lipinski definition) is 0. The number of amides is 1. The van der Waals surface area contributed by atoms with Crippen molar-refractivity contribution in [2.24, 2.45) is 0 Å². The summed E-state index contributed by atoms with van der Waals surface area (Å²) in [7, 11) is 0. The average Bonchev–Trinajstić information content (AvgIpc) is 2.91. The maximum Gasteiger partial charge on any atom is 0.254 e. The number of aromatic nitrogens is 2. The molecule has 0 saturated carbocycles. The predicted octanol–water partition coefficient (Wildman–Crippen LogP) is 4.38. The van der Waals surface area contributed by atoms with Crippen molar-refractivity contribution >= 4 is 40.7 Å². The third-order valence-corrected chi connectivity index (χ3v) is 7.47. The van der Waals surface area contributed by atoms with E-state index in [4.69, 9.17) is 23.2 Å². The third-order valence-electron chi connectivity index (χ3n) is 6.95. The molecule has 0 radical (unpaired) electrons. The van der Waals surface area contributed by atoms with Gasteiger partial charge in [0.25, 0.3) is 5.91 Å². The van der Waals surface area contributed by atoms with Crippen LogP contribution in [0, 0.1) is 6.92 Å². The lowest BCUT2D eigenvalue weighted by molar-refractivity contribution is 0.0745. The lowest BCUT2D eigenvalue weighted by Crippen LogP contribution is -2.49. The van der Waals surface area contributed by atoms with Gasteiger partial charge in [-0.3, -0.25) is 9.69 Å². The predicted molar refractivity (Wildman–Crippen MR) is 145 cm³/mol. The molecule has 2 aromatic heterocycles. The Hall–Kier alpha value is -2.87. The second kappa shape index (κ2) is 11.0. The van der Waals surface area contributed by atoms with Gasteiger partial charge in [-0.25, -0.2) is 9.97 Å². The van der Waals surface area contributed by atoms with E-state index in [2.05, 4.69) is 42.9 Å². The van der Waals surface area contributed by atoms with Crippen LogP contribution >= 0.6 is 23.2 Å². The first kappa shape index (κ1) is 24.8. The first-order valence-electron chi connectivity index (χ1n) is 12.3. The van der Waals surface area contributed by atoms with Gasteiger partial charge >= 0.3 is 0 Å². The molecule has 2 aliphatic heterocycles. The number of benzene rings is 1. The molecule has 0 N–H and O–H groups in total. The van der Waals surface area contributed by atoms with Gasteiger partial charge in [0.05, 0.1) is 10.0 Å². The van der Waals surface area contributed by atoms with Gasteiger partial charge in [0, 0.05) is 76.9 Å². The summed E-state index contributed by atoms with van der Waals surface area (Å²) in [6, 6.07) is 13.8. The number of nitrogens with zero attached hydrogens (tertiary/aromatic N) is 6. The first-order chi connectivity index (χ1) is 17.5. The Morgan fingerprint density at radius 2 is 1.64 bits per heavy atom. The molecule has 1 aromatic carbocycles. The molecule has 188 valence electrons. The number of piperazine rings is 2. The zero-order valence-electron chi connectivity index (χ0n) is 20.4. The summed E-state index contributed by atoms with van der Waals surface area (Å²) in [5, 5.41) is 1.32. The van der Waals surface area contributed by atoms with Gasteiger partial charge in [0.15, 0.2) is 0 Å². The Labute approximate surface area is 222 Å². The van der Waals surface area contributed by atoms with Gasteiger partial charge in [-0.05, 0) is 48.4 Å². The molecule has 0 bridgehead atoms. The Morgan fingerprint density at radius 1 is 0.889 bits per heavy atom. The van der Waals surface area contributed by atoms with Gasteiger partial charge in [-0.15, -0.1) is 0 Å². The van der Waals surface area contributed by atoms with Crippen LogP contribution in [0.1, 0.15) is 21.5 Å². The van der Waals surface area contributed by atoms with E-state index in [1.165, 1.54) is 0 Å². The van der Waals surface area contributed by atoms with E-state index in [-0.39, 0.29) is 5.91 Å². The summed E-state index contributed by atoms with van der Waals surface area (Å²) >= 11 is 12.3. The number of hydrogen-bond acceptors (Lipinski definition) is 6. The highest BCUT2D eigenvalue weighted by molar-refractivity contribution is 6.32. The van der Waals surface area contributed by atoms with Crippen LogP contribution in [0.25, 0.3) is 0 Å². The SMILES string of the molecule is Cc1ccc(CN2CCN(c3ncccc3Cl)CC2)cc1C(=O)N1CCN(c2ccc(Cl)cn2)CC1. The summed E-state index contributed by atoms with van der Waals surface area (Å²) in [6.07, 6.45) is 3.45. The second-order valence-electron chi connectivity index (χ2n) is 9.34. The molecule has 2 fully saturated rings. The summed E-state index contributed by atoms with van der Waals surface area (Å²) < 4.78 is 0. The fourth-order valence-electron chi connectivity index (χ4n) is 4.85. The van der Waals surface area contributed by atoms with Crippen LogP contribution in [0.5, 0.6) is 0 Å². The van der Waals surface area contributed by atoms with E-state index >= 15 is 0 Å². The molecule has 3 aromatic rings. The molecule has 4 heterocycles. The van der Waals surface area contributed by atoms with Crippen LogP contribution in [-0.4, -0.2) is 78.0 Å². The zero-order valence-corrected chi connectivity index (χ0v) is 21.9. The Kier molecular flexibility index (Phi) is 7.60. The fourth-order valence-corrected chi connectivity index (χ4v) is 5.20. The van der Waals surface area contributed by atoms with Crippen LogP contribution in [0.4, 0.5) is 11.6 Å². The van der Waals surface area contributed by atoms with E-state index < -0.39 is 0 Å². The standard InChI is InChI=1S/C27H30Cl2N6O/c1-20-4-5-21(19-32-9-11-34(12-10-32)26-24(29)3-2-8-30-26)17-23(20)27(36)35-15-13-33(14-16-35)25-7-6-22(28)18-31-25/h2-8,17-18H,9-16,19H2,1H3. The van der Waals surface area contributed by atoms with Crippen molar-refractivity contribution in [2.45, 2.75) is 13.5 Å². The van der Waals surface area contributed by atoms with Crippen LogP contribution in [0.2, 0.25) is 10.0 Å². The van der Waals surface area contributed by atoms with Gasteiger partial charge in [0.2, 0.25) is 0 Å². The van der Waals surface area contributed by atoms with Crippen LogP contribution in [-0.2, 0) is 6.54 Å². The van der Waals surface area contributed by atoms with E-state index in [0.29, 0.717) is 23.1 Å². The Balaban J connectivity index is 1.18. The van der Waals surface area contributed by atoms with Crippen molar-refractivity contribution in [3.63, 3.8) is 0 Å². The highest BCUT2D eigenvalue weighted by atomic mass is 35.5. The van der Waals surface area contributed by atoms with Crippen molar-refractivity contribution in [1.82, 2.24) is 19.8 Å². The number of halogens is 2. The first-order valence-corrected chi connectivity index (χ1v) is 13.1. The molecule has 0 atom stereocenters. The van der Waals surface area contributed by atoms with Crippen molar-refractivity contribution in [3.8, 4) is 0 Å². The molecule has 1 amide bonds. The number of aryl methyl sites for hydroxylation is 1. The maximum atomic E-state index is 13.4. The zero-order chi connectivity index (χ0) is 25.1. The highest BCUT2D eigenvalue weighted by Gasteiger charge is 2.25. The molecule has 7 nitrogen and oxygen atoms in total. The van der Waals surface area contributed by atoms with E-state index in [1.54, 1.807) is 12.4 Å². The summed E-state index contributed by atoms with van der Waals surface area (Å²) in [5.74, 6) is 1.86. The molecule has 0 aliphatic carbocycles. The molecule has 2 aliphatic rings. The number of carbonyl (C=O) groups is 1. The minimum atomic E-state index is 0.104. The molecule has 2 saturated heterocycles. The molecular weight excluding hydrogens is 495 g/mol. The van der Waals surface area contributed by atoms with E-state index in [9.17, 15) is 4.79 Å². The van der Waals surface area contributed by atoms with Gasteiger partial charge in [-0.2, -0.15) is 0 Å². The largest absolute Gasteiger partial charge is 0.353 e. The minimum Gasteiger partial charge on any atom is -0.353 e. The van der Waals surface area contributed by atoms with Crippen LogP contribution in [0.3, 0.4) is 0 Å². The maximum absolute atomic E-state index is 13.4. The van der Waals surface area contributed by atoms with Crippen LogP contribution < -0.4 is 9.80 Å². The summed E-state index contributed by atoms with van der Waals surface area (Å²) in [5.41, 5.74) is 2.97. The second-order valence-corrected chi connectivity index (χ2v) is 10.2.